The van der Waals surface area contributed by atoms with E-state index in [1.165, 1.54) is 58.7 Å². The van der Waals surface area contributed by atoms with Gasteiger partial charge in [-0.3, -0.25) is 24.0 Å². The van der Waals surface area contributed by atoms with Crippen LogP contribution in [0.15, 0.2) is 114 Å². The topological polar surface area (TPSA) is 382 Å². The van der Waals surface area contributed by atoms with E-state index < -0.39 is 60.1 Å². The summed E-state index contributed by atoms with van der Waals surface area (Å²) in [6.45, 7) is 5.40. The number of likely N-dealkylation sites (N-methyl/N-ethyl adjacent to an activating group) is 1. The van der Waals surface area contributed by atoms with Gasteiger partial charge in [-0.15, -0.1) is 0 Å². The summed E-state index contributed by atoms with van der Waals surface area (Å²) >= 11 is 0. The first-order chi connectivity index (χ1) is 40.1. The number of aliphatic hydroxyl groups is 1. The van der Waals surface area contributed by atoms with Crippen molar-refractivity contribution in [2.75, 3.05) is 51.5 Å². The Hall–Kier alpha value is -6.33. The molecule has 0 aliphatic heterocycles. The zero-order valence-corrected chi connectivity index (χ0v) is 51.1. The molecule has 2 heterocycles. The molecule has 3 aromatic carbocycles. The van der Waals surface area contributed by atoms with E-state index in [-0.39, 0.29) is 18.6 Å². The fourth-order valence-electron chi connectivity index (χ4n) is 6.66. The molecule has 22 nitrogen and oxygen atoms in total. The summed E-state index contributed by atoms with van der Waals surface area (Å²) in [4.78, 5) is 97.7. The minimum atomic E-state index is -1.00. The number of benzene rings is 3. The van der Waals surface area contributed by atoms with Crippen molar-refractivity contribution in [2.45, 2.75) is 106 Å². The lowest BCUT2D eigenvalue weighted by molar-refractivity contribution is -0.131. The first-order valence-corrected chi connectivity index (χ1v) is 31.5. The molecular weight excluding hydrogens is 1140 g/mol. The van der Waals surface area contributed by atoms with Gasteiger partial charge in [0.15, 0.2) is 0 Å². The Morgan fingerprint density at radius 1 is 0.723 bits per heavy atom. The predicted octanol–water partition coefficient (Wildman–Crippen LogP) is 2.97. The molecule has 5 rings (SSSR count). The third-order valence-electron chi connectivity index (χ3n) is 11.1. The Balaban J connectivity index is 0.00000119. The van der Waals surface area contributed by atoms with Gasteiger partial charge in [0, 0.05) is 59.9 Å². The summed E-state index contributed by atoms with van der Waals surface area (Å²) in [5.41, 5.74) is 24.0. The summed E-state index contributed by atoms with van der Waals surface area (Å²) in [6, 6.07) is 25.0. The highest BCUT2D eigenvalue weighted by molar-refractivity contribution is 8.77. The first kappa shape index (κ1) is 76.7. The number of carbonyl (C=O) groups is 8. The van der Waals surface area contributed by atoms with Crippen molar-refractivity contribution in [1.82, 2.24) is 41.9 Å². The number of amides is 5. The Bertz CT molecular complexity index is 2500. The van der Waals surface area contributed by atoms with Gasteiger partial charge in [-0.1, -0.05) is 106 Å². The molecule has 0 aliphatic rings. The summed E-state index contributed by atoms with van der Waals surface area (Å²) in [6.07, 6.45) is 9.92. The van der Waals surface area contributed by atoms with Crippen molar-refractivity contribution in [2.24, 2.45) is 22.9 Å². The molecule has 2 aromatic heterocycles. The Morgan fingerprint density at radius 3 is 1.90 bits per heavy atom. The zero-order chi connectivity index (χ0) is 62.0. The molecule has 83 heavy (non-hydrogen) atoms. The van der Waals surface area contributed by atoms with Crippen molar-refractivity contribution in [3.05, 3.63) is 126 Å². The minimum absolute atomic E-state index is 0.0831. The summed E-state index contributed by atoms with van der Waals surface area (Å²) in [5.74, 6) is 1.61. The SMILES string of the molecule is CCCSSCCNC.CN.CNC(C=O)C(C)O.NC(=O)C(N)Cc1ccccc1.NCCCCC(C=O)NC(=O)[C@@H](Cc1c[nH]c2ccccc12)NC(=O)C(Cc1ccc(O)cc1)NC=O.O=CNC(C=O)CSSc1ccccn1. The average Bonchev–Trinajstić information content (AvgIpc) is 4.19. The van der Waals surface area contributed by atoms with Crippen LogP contribution >= 0.6 is 43.2 Å². The van der Waals surface area contributed by atoms with E-state index in [1.807, 2.05) is 101 Å². The fraction of sp³-hybridized carbons (Fsp3) is 0.421. The number of phenolic OH excluding ortho intramolecular Hbond substituents is 1. The zero-order valence-electron chi connectivity index (χ0n) is 47.9. The number of primary amides is 1. The number of carbonyl (C=O) groups excluding carboxylic acids is 8. The number of phenols is 1. The van der Waals surface area contributed by atoms with Crippen LogP contribution in [-0.2, 0) is 57.6 Å². The number of hydrogen-bond acceptors (Lipinski definition) is 20. The maximum Gasteiger partial charge on any atom is 0.243 e. The Morgan fingerprint density at radius 2 is 1.35 bits per heavy atom. The second-order valence-electron chi connectivity index (χ2n) is 17.6. The van der Waals surface area contributed by atoms with E-state index in [0.29, 0.717) is 62.5 Å². The Kier molecular flexibility index (Phi) is 46.4. The lowest BCUT2D eigenvalue weighted by atomic mass is 10.0. The number of aromatic amines is 1. The molecule has 17 N–H and O–H groups in total. The van der Waals surface area contributed by atoms with Crippen LogP contribution in [0.4, 0.5) is 0 Å². The second kappa shape index (κ2) is 50.2. The number of fused-ring (bicyclic) bond motifs is 1. The summed E-state index contributed by atoms with van der Waals surface area (Å²) in [7, 11) is 12.0. The predicted molar refractivity (Wildman–Crippen MR) is 338 cm³/mol. The van der Waals surface area contributed by atoms with Crippen molar-refractivity contribution >= 4 is 103 Å². The number of nitrogens with two attached hydrogens (primary N) is 4. The highest BCUT2D eigenvalue weighted by atomic mass is 33.1. The van der Waals surface area contributed by atoms with Crippen molar-refractivity contribution < 1.29 is 48.6 Å². The average molecular weight is 1230 g/mol. The van der Waals surface area contributed by atoms with Crippen molar-refractivity contribution in [3.8, 4) is 5.75 Å². The number of unbranched alkanes of at least 4 members (excludes halogenated alkanes) is 1. The van der Waals surface area contributed by atoms with Gasteiger partial charge in [0.1, 0.15) is 41.7 Å². The Labute approximate surface area is 503 Å². The van der Waals surface area contributed by atoms with Crippen molar-refractivity contribution in [3.63, 3.8) is 0 Å². The molecule has 0 aliphatic carbocycles. The largest absolute Gasteiger partial charge is 0.508 e. The molecule has 5 aromatic rings. The molecule has 5 amide bonds. The fourth-order valence-corrected chi connectivity index (χ4v) is 10.9. The number of aliphatic hydroxyl groups excluding tert-OH is 1. The summed E-state index contributed by atoms with van der Waals surface area (Å²) < 4.78 is 0. The highest BCUT2D eigenvalue weighted by Crippen LogP contribution is 2.29. The number of nitrogens with zero attached hydrogens (tertiary/aromatic N) is 1. The smallest absolute Gasteiger partial charge is 0.243 e. The number of aromatic hydroxyl groups is 1. The lowest BCUT2D eigenvalue weighted by Crippen LogP contribution is -2.55. The number of rotatable bonds is 34. The van der Waals surface area contributed by atoms with Crippen LogP contribution in [0.1, 0.15) is 56.2 Å². The van der Waals surface area contributed by atoms with E-state index in [9.17, 15) is 43.5 Å². The van der Waals surface area contributed by atoms with Crippen molar-refractivity contribution in [1.29, 1.82) is 0 Å². The maximum absolute atomic E-state index is 13.3. The van der Waals surface area contributed by atoms with Crippen LogP contribution in [0.3, 0.4) is 0 Å². The molecule has 0 saturated carbocycles. The molecule has 0 spiro atoms. The van der Waals surface area contributed by atoms with Gasteiger partial charge in [0.2, 0.25) is 30.5 Å². The van der Waals surface area contributed by atoms with E-state index in [1.54, 1.807) is 38.5 Å². The van der Waals surface area contributed by atoms with Gasteiger partial charge >= 0.3 is 0 Å². The van der Waals surface area contributed by atoms with E-state index in [4.69, 9.17) is 22.3 Å². The van der Waals surface area contributed by atoms with Crippen LogP contribution < -0.4 is 54.8 Å². The molecular formula is C57H86N12O10S4. The van der Waals surface area contributed by atoms with E-state index >= 15 is 0 Å². The van der Waals surface area contributed by atoms with Crippen LogP contribution in [0.25, 0.3) is 10.9 Å². The monoisotopic (exact) mass is 1230 g/mol. The number of hydrogen-bond donors (Lipinski definition) is 13. The quantitative estimate of drug-likeness (QED) is 0.0160. The van der Waals surface area contributed by atoms with Gasteiger partial charge in [-0.05, 0) is 125 Å². The molecule has 26 heteroatoms. The number of pyridine rings is 1. The molecule has 0 bridgehead atoms. The van der Waals surface area contributed by atoms with Gasteiger partial charge in [-0.25, -0.2) is 4.98 Å². The molecule has 0 radical (unpaired) electrons. The third kappa shape index (κ3) is 36.1. The van der Waals surface area contributed by atoms with Crippen LogP contribution in [0.2, 0.25) is 0 Å². The number of aromatic nitrogens is 2. The normalized spacial score (nSPS) is 12.7. The molecule has 6 unspecified atom stereocenters. The van der Waals surface area contributed by atoms with Gasteiger partial charge in [-0.2, -0.15) is 0 Å². The first-order valence-electron chi connectivity index (χ1n) is 26.7. The maximum atomic E-state index is 13.3. The lowest BCUT2D eigenvalue weighted by Gasteiger charge is -2.24. The van der Waals surface area contributed by atoms with Gasteiger partial charge in [0.05, 0.1) is 30.3 Å². The standard InChI is InChI=1S/C27H33N5O5.C9H10N2O2S2.C9H12N2O.C6H15NS2.C5H11NO2.CH5N/c28-12-4-3-5-20(16-33)31-27(37)25(14-19-15-29-23-7-2-1-6-22(19)23)32-26(36)24(30-17-34)13-18-8-10-21(35)11-9-18;12-5-8(11-7-13)6-14-15-9-3-1-2-4-10-9;10-8(9(11)12)6-7-4-2-1-3-5-7;1-3-5-8-9-6-4-7-2;1-4(8)5(3-7)6-2;1-2/h1-2,6-11,15-17,20,24-25,29,35H,3-5,12-14,28H2,(H,30,34)(H,31,37)(H,32,36);1-5,7-8H,6H2,(H,11,13);1-5,8H,6,10H2,(H2,11,12);7H,3-6H2,1-2H3;3-6,8H,1-2H3;2H2,1H3/t20?,24?,25-;;;;;/m1...../s1. The number of nitrogens with one attached hydrogen (secondary N) is 7. The molecule has 0 saturated heterocycles. The number of aldehydes is 3. The van der Waals surface area contributed by atoms with E-state index in [0.717, 1.165) is 46.3 Å². The molecule has 0 fully saturated rings. The highest BCUT2D eigenvalue weighted by Gasteiger charge is 2.28. The third-order valence-corrected chi connectivity index (χ3v) is 16.0. The minimum Gasteiger partial charge on any atom is -0.508 e. The summed E-state index contributed by atoms with van der Waals surface area (Å²) in [5, 5.41) is 36.2. The van der Waals surface area contributed by atoms with Crippen LogP contribution in [-0.4, -0.2) is 163 Å². The van der Waals surface area contributed by atoms with Gasteiger partial charge < -0.3 is 84.4 Å². The molecule has 458 valence electrons. The number of H-pyrrole nitrogens is 1. The van der Waals surface area contributed by atoms with E-state index in [2.05, 4.69) is 54.5 Å². The second-order valence-corrected chi connectivity index (χ2v) is 22.6. The van der Waals surface area contributed by atoms with Crippen LogP contribution in [0.5, 0.6) is 5.75 Å². The van der Waals surface area contributed by atoms with Crippen LogP contribution in [0, 0.1) is 0 Å². The number of para-hydroxylation sites is 1. The molecule has 7 atom stereocenters. The van der Waals surface area contributed by atoms with Gasteiger partial charge in [0.25, 0.3) is 0 Å².